The Labute approximate surface area is 201 Å². The van der Waals surface area contributed by atoms with Crippen LogP contribution in [0.4, 0.5) is 5.82 Å². The average Bonchev–Trinajstić information content (AvgIpc) is 3.55. The van der Waals surface area contributed by atoms with Gasteiger partial charge in [-0.25, -0.2) is 19.4 Å². The molecule has 3 N–H and O–H groups in total. The molecule has 0 bridgehead atoms. The van der Waals surface area contributed by atoms with Crippen molar-refractivity contribution in [1.82, 2.24) is 49.2 Å². The number of anilines is 1. The average molecular weight is 528 g/mol. The van der Waals surface area contributed by atoms with E-state index in [9.17, 15) is 4.79 Å². The van der Waals surface area contributed by atoms with E-state index < -0.39 is 0 Å². The number of nitrogens with two attached hydrogens (primary N) is 1. The maximum atomic E-state index is 13.2. The molecule has 0 fully saturated rings. The van der Waals surface area contributed by atoms with Gasteiger partial charge in [0.2, 0.25) is 17.5 Å². The van der Waals surface area contributed by atoms with Crippen molar-refractivity contribution >= 4 is 38.7 Å². The van der Waals surface area contributed by atoms with E-state index in [1.54, 1.807) is 10.6 Å². The fraction of sp³-hybridized carbons (Fsp3) is 0.400. The quantitative estimate of drug-likeness (QED) is 0.214. The number of rotatable bonds is 9. The maximum Gasteiger partial charge on any atom is 0.286 e. The van der Waals surface area contributed by atoms with Gasteiger partial charge in [-0.3, -0.25) is 9.36 Å². The molecular weight excluding hydrogens is 506 g/mol. The second kappa shape index (κ2) is 9.29. The summed E-state index contributed by atoms with van der Waals surface area (Å²) in [4.78, 5) is 32.9. The minimum absolute atomic E-state index is 0.227. The van der Waals surface area contributed by atoms with Gasteiger partial charge in [0, 0.05) is 25.6 Å². The topological polar surface area (TPSA) is 172 Å². The SMILES string of the molecule is CCCCCn1c2nc(Br)[nH]c2c(=O)n2c(CCCc3nc(-c4cncnc4N)no3)nnc12. The van der Waals surface area contributed by atoms with Crippen LogP contribution >= 0.6 is 15.9 Å². The molecule has 13 nitrogen and oxygen atoms in total. The number of nitrogens with one attached hydrogen (secondary N) is 1. The number of unbranched alkanes of at least 4 members (excludes halogenated alkanes) is 2. The fourth-order valence-corrected chi connectivity index (χ4v) is 4.21. The molecule has 0 saturated heterocycles. The predicted molar refractivity (Wildman–Crippen MR) is 126 cm³/mol. The van der Waals surface area contributed by atoms with Gasteiger partial charge in [0.05, 0.1) is 5.56 Å². The predicted octanol–water partition coefficient (Wildman–Crippen LogP) is 2.32. The van der Waals surface area contributed by atoms with Crippen molar-refractivity contribution < 1.29 is 4.52 Å². The van der Waals surface area contributed by atoms with Crippen LogP contribution in [-0.4, -0.2) is 49.2 Å². The standard InChI is InChI=1S/C20H22BrN11O2/c1-2-3-4-8-31-17-14(26-19(21)27-17)18(33)32-12(28-29-20(31)32)6-5-7-13-25-16(30-34-13)11-9-23-10-24-15(11)22/h9-10H,2-8H2,1H3,(H,26,27)(H2,22,23,24). The lowest BCUT2D eigenvalue weighted by atomic mass is 10.2. The summed E-state index contributed by atoms with van der Waals surface area (Å²) in [6, 6.07) is 0. The van der Waals surface area contributed by atoms with E-state index in [4.69, 9.17) is 10.3 Å². The van der Waals surface area contributed by atoms with Gasteiger partial charge in [0.1, 0.15) is 18.0 Å². The number of hydrogen-bond donors (Lipinski definition) is 2. The number of halogens is 1. The maximum absolute atomic E-state index is 13.2. The Bertz CT molecular complexity index is 1520. The van der Waals surface area contributed by atoms with Crippen molar-refractivity contribution in [3.8, 4) is 11.4 Å². The highest BCUT2D eigenvalue weighted by Gasteiger charge is 2.19. The first-order chi connectivity index (χ1) is 16.6. The zero-order chi connectivity index (χ0) is 23.7. The fourth-order valence-electron chi connectivity index (χ4n) is 3.84. The van der Waals surface area contributed by atoms with Crippen LogP contribution in [0.1, 0.15) is 44.3 Å². The minimum atomic E-state index is -0.227. The van der Waals surface area contributed by atoms with Gasteiger partial charge in [-0.1, -0.05) is 24.9 Å². The highest BCUT2D eigenvalue weighted by molar-refractivity contribution is 9.10. The summed E-state index contributed by atoms with van der Waals surface area (Å²) in [5, 5.41) is 12.6. The molecule has 0 spiro atoms. The minimum Gasteiger partial charge on any atom is -0.383 e. The lowest BCUT2D eigenvalue weighted by Gasteiger charge is -2.09. The first kappa shape index (κ1) is 22.1. The third-order valence-corrected chi connectivity index (χ3v) is 5.89. The van der Waals surface area contributed by atoms with Crippen LogP contribution in [0.3, 0.4) is 0 Å². The Kier molecular flexibility index (Phi) is 6.04. The van der Waals surface area contributed by atoms with Crippen LogP contribution in [0.25, 0.3) is 28.3 Å². The molecule has 0 saturated carbocycles. The molecule has 5 aromatic rings. The van der Waals surface area contributed by atoms with E-state index in [1.165, 1.54) is 6.33 Å². The van der Waals surface area contributed by atoms with E-state index in [1.807, 2.05) is 4.57 Å². The lowest BCUT2D eigenvalue weighted by molar-refractivity contribution is 0.375. The molecule has 0 aliphatic heterocycles. The molecule has 5 heterocycles. The number of aryl methyl sites for hydroxylation is 3. The smallest absolute Gasteiger partial charge is 0.286 e. The van der Waals surface area contributed by atoms with Crippen LogP contribution in [-0.2, 0) is 19.4 Å². The van der Waals surface area contributed by atoms with Gasteiger partial charge < -0.3 is 15.2 Å². The lowest BCUT2D eigenvalue weighted by Crippen LogP contribution is -2.21. The number of nitrogens with zero attached hydrogens (tertiary/aromatic N) is 9. The monoisotopic (exact) mass is 527 g/mol. The van der Waals surface area contributed by atoms with Gasteiger partial charge in [-0.2, -0.15) is 4.98 Å². The van der Waals surface area contributed by atoms with Crippen molar-refractivity contribution in [3.63, 3.8) is 0 Å². The second-order valence-corrected chi connectivity index (χ2v) is 8.58. The Morgan fingerprint density at radius 3 is 2.88 bits per heavy atom. The Morgan fingerprint density at radius 2 is 2.06 bits per heavy atom. The summed E-state index contributed by atoms with van der Waals surface area (Å²) >= 11 is 3.34. The summed E-state index contributed by atoms with van der Waals surface area (Å²) in [5.74, 6) is 2.12. The first-order valence-corrected chi connectivity index (χ1v) is 11.8. The number of nitrogen functional groups attached to an aromatic ring is 1. The highest BCUT2D eigenvalue weighted by atomic mass is 79.9. The van der Waals surface area contributed by atoms with E-state index in [-0.39, 0.29) is 11.4 Å². The molecule has 0 radical (unpaired) electrons. The summed E-state index contributed by atoms with van der Waals surface area (Å²) < 4.78 is 9.34. The number of hydrogen-bond acceptors (Lipinski definition) is 10. The number of imidazole rings is 1. The van der Waals surface area contributed by atoms with Crippen LogP contribution in [0.5, 0.6) is 0 Å². The summed E-state index contributed by atoms with van der Waals surface area (Å²) in [7, 11) is 0. The second-order valence-electron chi connectivity index (χ2n) is 7.83. The van der Waals surface area contributed by atoms with Gasteiger partial charge in [-0.05, 0) is 28.8 Å². The van der Waals surface area contributed by atoms with E-state index in [0.29, 0.717) is 70.6 Å². The van der Waals surface area contributed by atoms with Gasteiger partial charge in [0.25, 0.3) is 5.56 Å². The van der Waals surface area contributed by atoms with Crippen LogP contribution in [0.2, 0.25) is 0 Å². The van der Waals surface area contributed by atoms with Gasteiger partial charge >= 0.3 is 0 Å². The molecule has 5 rings (SSSR count). The van der Waals surface area contributed by atoms with Gasteiger partial charge in [-0.15, -0.1) is 10.2 Å². The summed E-state index contributed by atoms with van der Waals surface area (Å²) in [6.07, 6.45) is 7.63. The third kappa shape index (κ3) is 4.04. The normalized spacial score (nSPS) is 11.7. The molecule has 0 atom stereocenters. The largest absolute Gasteiger partial charge is 0.383 e. The van der Waals surface area contributed by atoms with Crippen LogP contribution in [0, 0.1) is 0 Å². The van der Waals surface area contributed by atoms with Crippen molar-refractivity contribution in [3.05, 3.63) is 39.3 Å². The van der Waals surface area contributed by atoms with Crippen molar-refractivity contribution in [1.29, 1.82) is 0 Å². The molecule has 176 valence electrons. The summed E-state index contributed by atoms with van der Waals surface area (Å²) in [6.45, 7) is 2.84. The molecule has 34 heavy (non-hydrogen) atoms. The van der Waals surface area contributed by atoms with Crippen molar-refractivity contribution in [2.24, 2.45) is 0 Å². The molecule has 0 unspecified atom stereocenters. The Balaban J connectivity index is 1.39. The van der Waals surface area contributed by atoms with Crippen molar-refractivity contribution in [2.75, 3.05) is 5.73 Å². The number of aromatic nitrogens is 10. The number of aromatic amines is 1. The molecular formula is C20H22BrN11O2. The van der Waals surface area contributed by atoms with Crippen LogP contribution < -0.4 is 11.3 Å². The zero-order valence-corrected chi connectivity index (χ0v) is 20.0. The Hall–Kier alpha value is -3.68. The molecule has 0 amide bonds. The van der Waals surface area contributed by atoms with E-state index in [2.05, 4.69) is 63.1 Å². The number of fused-ring (bicyclic) bond motifs is 2. The van der Waals surface area contributed by atoms with Crippen LogP contribution in [0.15, 0.2) is 26.6 Å². The summed E-state index contributed by atoms with van der Waals surface area (Å²) in [5.41, 5.74) is 7.13. The third-order valence-electron chi connectivity index (χ3n) is 5.51. The molecule has 0 aliphatic carbocycles. The highest BCUT2D eigenvalue weighted by Crippen LogP contribution is 2.20. The van der Waals surface area contributed by atoms with Gasteiger partial charge in [0.15, 0.2) is 15.9 Å². The molecule has 0 aliphatic rings. The van der Waals surface area contributed by atoms with E-state index >= 15 is 0 Å². The Morgan fingerprint density at radius 1 is 1.18 bits per heavy atom. The molecule has 5 aromatic heterocycles. The molecule has 14 heteroatoms. The zero-order valence-electron chi connectivity index (χ0n) is 18.4. The van der Waals surface area contributed by atoms with E-state index in [0.717, 1.165) is 19.3 Å². The first-order valence-electron chi connectivity index (χ1n) is 11.0. The van der Waals surface area contributed by atoms with Crippen molar-refractivity contribution in [2.45, 2.75) is 52.0 Å². The molecule has 0 aromatic carbocycles. The number of H-pyrrole nitrogens is 1.